The average molecular weight is 275 g/mol. The second-order valence-electron chi connectivity index (χ2n) is 6.11. The van der Waals surface area contributed by atoms with E-state index in [0.717, 1.165) is 36.2 Å². The van der Waals surface area contributed by atoms with Crippen molar-refractivity contribution >= 4 is 17.3 Å². The Bertz CT molecular complexity index is 487. The summed E-state index contributed by atoms with van der Waals surface area (Å²) < 4.78 is 0. The smallest absolute Gasteiger partial charge is 0.225 e. The summed E-state index contributed by atoms with van der Waals surface area (Å²) in [5, 5.41) is 2.94. The van der Waals surface area contributed by atoms with Crippen molar-refractivity contribution in [2.75, 3.05) is 31.2 Å². The van der Waals surface area contributed by atoms with Crippen LogP contribution in [0.25, 0.3) is 0 Å². The molecule has 1 saturated carbocycles. The molecule has 110 valence electrons. The maximum absolute atomic E-state index is 12.0. The number of nitrogens with two attached hydrogens (primary N) is 1. The van der Waals surface area contributed by atoms with Gasteiger partial charge >= 0.3 is 0 Å². The van der Waals surface area contributed by atoms with Crippen LogP contribution in [-0.4, -0.2) is 30.9 Å². The molecule has 1 fully saturated rings. The van der Waals surface area contributed by atoms with E-state index in [1.807, 2.05) is 25.1 Å². The normalized spacial score (nSPS) is 21.0. The Labute approximate surface area is 121 Å². The van der Waals surface area contributed by atoms with Crippen LogP contribution in [0.1, 0.15) is 25.3 Å². The van der Waals surface area contributed by atoms with Crippen LogP contribution in [0.4, 0.5) is 11.4 Å². The van der Waals surface area contributed by atoms with E-state index in [0.29, 0.717) is 12.1 Å². The number of aryl methyl sites for hydroxylation is 1. The number of benzene rings is 1. The molecule has 2 atom stereocenters. The summed E-state index contributed by atoms with van der Waals surface area (Å²) in [4.78, 5) is 14.2. The van der Waals surface area contributed by atoms with Crippen molar-refractivity contribution in [3.05, 3.63) is 23.8 Å². The highest BCUT2D eigenvalue weighted by Gasteiger charge is 2.32. The number of carbonyl (C=O) groups is 1. The van der Waals surface area contributed by atoms with Crippen LogP contribution < -0.4 is 11.1 Å². The molecule has 0 radical (unpaired) electrons. The number of nitrogens with one attached hydrogen (secondary N) is 1. The maximum Gasteiger partial charge on any atom is 0.225 e. The summed E-state index contributed by atoms with van der Waals surface area (Å²) in [7, 11) is 2.09. The molecule has 0 aliphatic heterocycles. The highest BCUT2D eigenvalue weighted by molar-refractivity contribution is 5.92. The minimum Gasteiger partial charge on any atom is -0.399 e. The van der Waals surface area contributed by atoms with Crippen LogP contribution in [0.3, 0.4) is 0 Å². The molecule has 1 aliphatic carbocycles. The van der Waals surface area contributed by atoms with E-state index in [1.54, 1.807) is 0 Å². The van der Waals surface area contributed by atoms with E-state index in [-0.39, 0.29) is 5.91 Å². The lowest BCUT2D eigenvalue weighted by Gasteiger charge is -2.16. The average Bonchev–Trinajstić information content (AvgIpc) is 3.07. The molecular weight excluding hydrogens is 250 g/mol. The SMILES string of the molecule is Cc1ccc(N)cc1NC(=O)CCN(C)CC1CC1C. The van der Waals surface area contributed by atoms with Crippen LogP contribution >= 0.6 is 0 Å². The Hall–Kier alpha value is -1.55. The molecule has 2 rings (SSSR count). The predicted octanol–water partition coefficient (Wildman–Crippen LogP) is 2.49. The molecule has 1 aromatic carbocycles. The zero-order valence-electron chi connectivity index (χ0n) is 12.6. The highest BCUT2D eigenvalue weighted by atomic mass is 16.1. The Balaban J connectivity index is 1.76. The quantitative estimate of drug-likeness (QED) is 0.784. The van der Waals surface area contributed by atoms with Crippen molar-refractivity contribution in [1.29, 1.82) is 0 Å². The number of nitrogen functional groups attached to an aromatic ring is 1. The monoisotopic (exact) mass is 275 g/mol. The molecule has 0 bridgehead atoms. The summed E-state index contributed by atoms with van der Waals surface area (Å²) in [5.74, 6) is 1.75. The standard InChI is InChI=1S/C16H25N3O/c1-11-4-5-14(17)9-15(11)18-16(20)6-7-19(3)10-13-8-12(13)2/h4-5,9,12-13H,6-8,10,17H2,1-3H3,(H,18,20). The number of anilines is 2. The fraction of sp³-hybridized carbons (Fsp3) is 0.562. The van der Waals surface area contributed by atoms with Crippen LogP contribution in [0.5, 0.6) is 0 Å². The number of hydrogen-bond acceptors (Lipinski definition) is 3. The molecule has 0 heterocycles. The minimum absolute atomic E-state index is 0.0504. The zero-order chi connectivity index (χ0) is 14.7. The predicted molar refractivity (Wildman–Crippen MR) is 83.6 cm³/mol. The van der Waals surface area contributed by atoms with Gasteiger partial charge in [0, 0.05) is 30.9 Å². The van der Waals surface area contributed by atoms with Crippen LogP contribution in [-0.2, 0) is 4.79 Å². The molecule has 4 nitrogen and oxygen atoms in total. The summed E-state index contributed by atoms with van der Waals surface area (Å²) in [6, 6.07) is 5.57. The van der Waals surface area contributed by atoms with Crippen molar-refractivity contribution < 1.29 is 4.79 Å². The molecule has 1 amide bonds. The third-order valence-electron chi connectivity index (χ3n) is 4.08. The van der Waals surface area contributed by atoms with E-state index in [4.69, 9.17) is 5.73 Å². The zero-order valence-corrected chi connectivity index (χ0v) is 12.6. The Kier molecular flexibility index (Phi) is 4.65. The van der Waals surface area contributed by atoms with Gasteiger partial charge < -0.3 is 16.0 Å². The van der Waals surface area contributed by atoms with Gasteiger partial charge in [0.1, 0.15) is 0 Å². The highest BCUT2D eigenvalue weighted by Crippen LogP contribution is 2.37. The first-order valence-corrected chi connectivity index (χ1v) is 7.30. The van der Waals surface area contributed by atoms with Crippen molar-refractivity contribution in [2.45, 2.75) is 26.7 Å². The lowest BCUT2D eigenvalue weighted by molar-refractivity contribution is -0.116. The summed E-state index contributed by atoms with van der Waals surface area (Å²) in [5.41, 5.74) is 8.26. The summed E-state index contributed by atoms with van der Waals surface area (Å²) in [6.45, 7) is 6.16. The Morgan fingerprint density at radius 2 is 2.20 bits per heavy atom. The van der Waals surface area contributed by atoms with E-state index >= 15 is 0 Å². The van der Waals surface area contributed by atoms with Gasteiger partial charge in [-0.2, -0.15) is 0 Å². The number of nitrogens with zero attached hydrogens (tertiary/aromatic N) is 1. The topological polar surface area (TPSA) is 58.4 Å². The Morgan fingerprint density at radius 3 is 2.85 bits per heavy atom. The lowest BCUT2D eigenvalue weighted by atomic mass is 10.2. The van der Waals surface area contributed by atoms with Gasteiger partial charge in [-0.05, 0) is 49.9 Å². The van der Waals surface area contributed by atoms with Crippen molar-refractivity contribution in [2.24, 2.45) is 11.8 Å². The van der Waals surface area contributed by atoms with Crippen molar-refractivity contribution in [3.63, 3.8) is 0 Å². The molecule has 1 aromatic rings. The van der Waals surface area contributed by atoms with Gasteiger partial charge in [0.15, 0.2) is 0 Å². The number of carbonyl (C=O) groups excluding carboxylic acids is 1. The van der Waals surface area contributed by atoms with Crippen LogP contribution in [0, 0.1) is 18.8 Å². The van der Waals surface area contributed by atoms with Gasteiger partial charge in [0.2, 0.25) is 5.91 Å². The molecule has 20 heavy (non-hydrogen) atoms. The summed E-state index contributed by atoms with van der Waals surface area (Å²) in [6.07, 6.45) is 1.85. The number of amides is 1. The number of hydrogen-bond donors (Lipinski definition) is 2. The third kappa shape index (κ3) is 4.23. The second-order valence-corrected chi connectivity index (χ2v) is 6.11. The molecule has 0 aromatic heterocycles. The molecular formula is C16H25N3O. The van der Waals surface area contributed by atoms with E-state index < -0.39 is 0 Å². The van der Waals surface area contributed by atoms with Gasteiger partial charge in [0.05, 0.1) is 0 Å². The van der Waals surface area contributed by atoms with Crippen molar-refractivity contribution in [3.8, 4) is 0 Å². The maximum atomic E-state index is 12.0. The van der Waals surface area contributed by atoms with Gasteiger partial charge in [-0.25, -0.2) is 0 Å². The Morgan fingerprint density at radius 1 is 1.50 bits per heavy atom. The van der Waals surface area contributed by atoms with Gasteiger partial charge in [-0.15, -0.1) is 0 Å². The molecule has 4 heteroatoms. The molecule has 1 aliphatic rings. The van der Waals surface area contributed by atoms with Gasteiger partial charge in [-0.1, -0.05) is 13.0 Å². The molecule has 3 N–H and O–H groups in total. The second kappa shape index (κ2) is 6.27. The first-order chi connectivity index (χ1) is 9.45. The van der Waals surface area contributed by atoms with Crippen LogP contribution in [0.2, 0.25) is 0 Å². The first-order valence-electron chi connectivity index (χ1n) is 7.30. The van der Waals surface area contributed by atoms with Crippen molar-refractivity contribution in [1.82, 2.24) is 4.90 Å². The van der Waals surface area contributed by atoms with Gasteiger partial charge in [0.25, 0.3) is 0 Å². The molecule has 2 unspecified atom stereocenters. The molecule has 0 saturated heterocycles. The third-order valence-corrected chi connectivity index (χ3v) is 4.08. The van der Waals surface area contributed by atoms with Gasteiger partial charge in [-0.3, -0.25) is 4.79 Å². The fourth-order valence-corrected chi connectivity index (χ4v) is 2.42. The van der Waals surface area contributed by atoms with E-state index in [1.165, 1.54) is 6.42 Å². The van der Waals surface area contributed by atoms with E-state index in [9.17, 15) is 4.79 Å². The fourth-order valence-electron chi connectivity index (χ4n) is 2.42. The van der Waals surface area contributed by atoms with Crippen LogP contribution in [0.15, 0.2) is 18.2 Å². The minimum atomic E-state index is 0.0504. The lowest BCUT2D eigenvalue weighted by Crippen LogP contribution is -2.26. The number of rotatable bonds is 6. The van der Waals surface area contributed by atoms with E-state index in [2.05, 4.69) is 24.2 Å². The first kappa shape index (κ1) is 14.9. The molecule has 0 spiro atoms. The summed E-state index contributed by atoms with van der Waals surface area (Å²) >= 11 is 0. The largest absolute Gasteiger partial charge is 0.399 e.